The third-order valence-corrected chi connectivity index (χ3v) is 2.87. The molecule has 0 spiro atoms. The van der Waals surface area contributed by atoms with E-state index in [0.29, 0.717) is 12.4 Å². The summed E-state index contributed by atoms with van der Waals surface area (Å²) in [6.07, 6.45) is 3.57. The third-order valence-electron chi connectivity index (χ3n) is 2.87. The standard InChI is InChI=1S/C13H11N3O/c1-8-5-14-12(15-6-8)9-3-2-4-10-11(9)7-16-13(10)17/h2-6H,7H2,1H3,(H,16,17). The van der Waals surface area contributed by atoms with Gasteiger partial charge in [0.15, 0.2) is 5.82 Å². The number of hydrogen-bond donors (Lipinski definition) is 1. The summed E-state index contributed by atoms with van der Waals surface area (Å²) in [7, 11) is 0. The van der Waals surface area contributed by atoms with Crippen molar-refractivity contribution >= 4 is 5.91 Å². The first-order valence-electron chi connectivity index (χ1n) is 5.45. The van der Waals surface area contributed by atoms with Crippen molar-refractivity contribution in [3.8, 4) is 11.4 Å². The summed E-state index contributed by atoms with van der Waals surface area (Å²) in [6, 6.07) is 5.64. The Morgan fingerprint density at radius 2 is 1.88 bits per heavy atom. The lowest BCUT2D eigenvalue weighted by Crippen LogP contribution is -2.12. The molecule has 0 radical (unpaired) electrons. The highest BCUT2D eigenvalue weighted by molar-refractivity contribution is 6.00. The fourth-order valence-corrected chi connectivity index (χ4v) is 2.00. The van der Waals surface area contributed by atoms with Crippen molar-refractivity contribution in [2.24, 2.45) is 0 Å². The van der Waals surface area contributed by atoms with Gasteiger partial charge in [0.2, 0.25) is 0 Å². The zero-order chi connectivity index (χ0) is 11.8. The van der Waals surface area contributed by atoms with Crippen molar-refractivity contribution in [1.82, 2.24) is 15.3 Å². The lowest BCUT2D eigenvalue weighted by Gasteiger charge is -2.05. The summed E-state index contributed by atoms with van der Waals surface area (Å²) in [4.78, 5) is 20.2. The first-order chi connectivity index (χ1) is 8.25. The Kier molecular flexibility index (Phi) is 2.14. The van der Waals surface area contributed by atoms with Crippen molar-refractivity contribution in [3.05, 3.63) is 47.3 Å². The fourth-order valence-electron chi connectivity index (χ4n) is 2.00. The van der Waals surface area contributed by atoms with Crippen LogP contribution in [0.5, 0.6) is 0 Å². The van der Waals surface area contributed by atoms with Gasteiger partial charge in [-0.2, -0.15) is 0 Å². The van der Waals surface area contributed by atoms with Crippen LogP contribution in [0, 0.1) is 6.92 Å². The summed E-state index contributed by atoms with van der Waals surface area (Å²) in [5.41, 5.74) is 3.67. The Morgan fingerprint density at radius 1 is 1.18 bits per heavy atom. The molecule has 4 nitrogen and oxygen atoms in total. The van der Waals surface area contributed by atoms with Crippen LogP contribution in [0.25, 0.3) is 11.4 Å². The summed E-state index contributed by atoms with van der Waals surface area (Å²) >= 11 is 0. The molecule has 3 rings (SSSR count). The van der Waals surface area contributed by atoms with Crippen molar-refractivity contribution in [2.75, 3.05) is 0 Å². The van der Waals surface area contributed by atoms with Gasteiger partial charge in [-0.15, -0.1) is 0 Å². The van der Waals surface area contributed by atoms with E-state index in [2.05, 4.69) is 15.3 Å². The number of nitrogens with one attached hydrogen (secondary N) is 1. The van der Waals surface area contributed by atoms with Crippen LogP contribution < -0.4 is 5.32 Å². The Labute approximate surface area is 98.7 Å². The van der Waals surface area contributed by atoms with Gasteiger partial charge in [0.1, 0.15) is 0 Å². The van der Waals surface area contributed by atoms with E-state index in [4.69, 9.17) is 0 Å². The number of nitrogens with zero attached hydrogens (tertiary/aromatic N) is 2. The molecule has 0 atom stereocenters. The van der Waals surface area contributed by atoms with Crippen LogP contribution >= 0.6 is 0 Å². The molecule has 0 fully saturated rings. The minimum Gasteiger partial charge on any atom is -0.348 e. The molecule has 4 heteroatoms. The highest BCUT2D eigenvalue weighted by Gasteiger charge is 2.22. The van der Waals surface area contributed by atoms with E-state index >= 15 is 0 Å². The van der Waals surface area contributed by atoms with Crippen molar-refractivity contribution in [1.29, 1.82) is 0 Å². The molecule has 1 aromatic heterocycles. The van der Waals surface area contributed by atoms with Gasteiger partial charge >= 0.3 is 0 Å². The average Bonchev–Trinajstić information content (AvgIpc) is 2.73. The number of carbonyl (C=O) groups excluding carboxylic acids is 1. The van der Waals surface area contributed by atoms with Crippen LogP contribution in [0.2, 0.25) is 0 Å². The first kappa shape index (κ1) is 9.96. The largest absolute Gasteiger partial charge is 0.348 e. The zero-order valence-corrected chi connectivity index (χ0v) is 9.40. The summed E-state index contributed by atoms with van der Waals surface area (Å²) in [5.74, 6) is 0.651. The number of rotatable bonds is 1. The number of fused-ring (bicyclic) bond motifs is 1. The molecule has 1 aliphatic heterocycles. The normalized spacial score (nSPS) is 13.4. The van der Waals surface area contributed by atoms with Gasteiger partial charge in [-0.05, 0) is 24.1 Å². The third kappa shape index (κ3) is 1.58. The van der Waals surface area contributed by atoms with Crippen molar-refractivity contribution in [3.63, 3.8) is 0 Å². The maximum absolute atomic E-state index is 11.6. The van der Waals surface area contributed by atoms with Crippen molar-refractivity contribution in [2.45, 2.75) is 13.5 Å². The van der Waals surface area contributed by atoms with Crippen LogP contribution in [0.15, 0.2) is 30.6 Å². The molecular weight excluding hydrogens is 214 g/mol. The van der Waals surface area contributed by atoms with E-state index in [-0.39, 0.29) is 5.91 Å². The fraction of sp³-hybridized carbons (Fsp3) is 0.154. The Morgan fingerprint density at radius 3 is 2.65 bits per heavy atom. The van der Waals surface area contributed by atoms with Gasteiger partial charge in [0.25, 0.3) is 5.91 Å². The smallest absolute Gasteiger partial charge is 0.251 e. The molecule has 0 bridgehead atoms. The van der Waals surface area contributed by atoms with Gasteiger partial charge in [-0.25, -0.2) is 9.97 Å². The molecule has 0 saturated carbocycles. The minimum absolute atomic E-state index is 0.0195. The number of hydrogen-bond acceptors (Lipinski definition) is 3. The van der Waals surface area contributed by atoms with Gasteiger partial charge in [0.05, 0.1) is 0 Å². The lowest BCUT2D eigenvalue weighted by atomic mass is 10.0. The van der Waals surface area contributed by atoms with E-state index in [1.165, 1.54) is 0 Å². The minimum atomic E-state index is -0.0195. The average molecular weight is 225 g/mol. The van der Waals surface area contributed by atoms with E-state index in [1.54, 1.807) is 12.4 Å². The second-order valence-electron chi connectivity index (χ2n) is 4.10. The summed E-state index contributed by atoms with van der Waals surface area (Å²) in [5, 5.41) is 2.81. The van der Waals surface area contributed by atoms with E-state index in [0.717, 1.165) is 22.3 Å². The highest BCUT2D eigenvalue weighted by Crippen LogP contribution is 2.26. The molecule has 17 heavy (non-hydrogen) atoms. The molecule has 1 N–H and O–H groups in total. The summed E-state index contributed by atoms with van der Waals surface area (Å²) < 4.78 is 0. The number of aryl methyl sites for hydroxylation is 1. The molecule has 2 aromatic rings. The van der Waals surface area contributed by atoms with Gasteiger partial charge in [-0.3, -0.25) is 4.79 Å². The molecule has 2 heterocycles. The van der Waals surface area contributed by atoms with E-state index in [9.17, 15) is 4.79 Å². The van der Waals surface area contributed by atoms with Crippen LogP contribution in [-0.2, 0) is 6.54 Å². The second kappa shape index (κ2) is 3.66. The molecule has 0 aliphatic carbocycles. The predicted octanol–water partition coefficient (Wildman–Crippen LogP) is 1.70. The molecule has 1 aliphatic rings. The summed E-state index contributed by atoms with van der Waals surface area (Å²) in [6.45, 7) is 2.51. The predicted molar refractivity (Wildman–Crippen MR) is 63.4 cm³/mol. The van der Waals surface area contributed by atoms with Crippen LogP contribution in [0.3, 0.4) is 0 Å². The number of amides is 1. The molecular formula is C13H11N3O. The van der Waals surface area contributed by atoms with E-state index in [1.807, 2.05) is 25.1 Å². The monoisotopic (exact) mass is 225 g/mol. The quantitative estimate of drug-likeness (QED) is 0.803. The topological polar surface area (TPSA) is 54.9 Å². The Bertz CT molecular complexity index is 590. The van der Waals surface area contributed by atoms with Gasteiger partial charge in [0, 0.05) is 30.1 Å². The Hall–Kier alpha value is -2.23. The highest BCUT2D eigenvalue weighted by atomic mass is 16.1. The first-order valence-corrected chi connectivity index (χ1v) is 5.45. The van der Waals surface area contributed by atoms with E-state index < -0.39 is 0 Å². The second-order valence-corrected chi connectivity index (χ2v) is 4.10. The number of benzene rings is 1. The van der Waals surface area contributed by atoms with Gasteiger partial charge in [-0.1, -0.05) is 12.1 Å². The maximum Gasteiger partial charge on any atom is 0.251 e. The molecule has 0 unspecified atom stereocenters. The molecule has 1 aromatic carbocycles. The SMILES string of the molecule is Cc1cnc(-c2cccc3c2CNC3=O)nc1. The number of carbonyl (C=O) groups is 1. The molecule has 1 amide bonds. The lowest BCUT2D eigenvalue weighted by molar-refractivity contribution is 0.0966. The molecule has 0 saturated heterocycles. The maximum atomic E-state index is 11.6. The van der Waals surface area contributed by atoms with Crippen LogP contribution in [0.4, 0.5) is 0 Å². The van der Waals surface area contributed by atoms with Crippen LogP contribution in [-0.4, -0.2) is 15.9 Å². The van der Waals surface area contributed by atoms with Crippen molar-refractivity contribution < 1.29 is 4.79 Å². The zero-order valence-electron chi connectivity index (χ0n) is 9.40. The van der Waals surface area contributed by atoms with Gasteiger partial charge < -0.3 is 5.32 Å². The number of aromatic nitrogens is 2. The Balaban J connectivity index is 2.16. The van der Waals surface area contributed by atoms with Crippen LogP contribution in [0.1, 0.15) is 21.5 Å². The molecule has 84 valence electrons.